The lowest BCUT2D eigenvalue weighted by molar-refractivity contribution is -0.158. The SMILES string of the molecule is COc1ccc(OC)c2c1CC1(C)C(OCc3ccccc3)CCC3(C)C(=O)CC=CC231. The molecule has 0 saturated heterocycles. The van der Waals surface area contributed by atoms with Gasteiger partial charge in [-0.15, -0.1) is 0 Å². The van der Waals surface area contributed by atoms with Crippen molar-refractivity contribution in [3.05, 3.63) is 71.3 Å². The summed E-state index contributed by atoms with van der Waals surface area (Å²) in [5.74, 6) is 2.01. The van der Waals surface area contributed by atoms with E-state index in [-0.39, 0.29) is 11.5 Å². The quantitative estimate of drug-likeness (QED) is 0.592. The van der Waals surface area contributed by atoms with Crippen molar-refractivity contribution in [1.29, 1.82) is 0 Å². The molecule has 0 aromatic heterocycles. The van der Waals surface area contributed by atoms with E-state index in [1.165, 1.54) is 5.56 Å². The molecule has 0 aliphatic heterocycles. The fourth-order valence-corrected chi connectivity index (χ4v) is 7.00. The molecule has 0 amide bonds. The zero-order valence-corrected chi connectivity index (χ0v) is 19.4. The number of fused-ring (bicyclic) bond motifs is 1. The largest absolute Gasteiger partial charge is 0.496 e. The monoisotopic (exact) mass is 432 g/mol. The lowest BCUT2D eigenvalue weighted by Crippen LogP contribution is -2.64. The van der Waals surface area contributed by atoms with Gasteiger partial charge < -0.3 is 14.2 Å². The Bertz CT molecular complexity index is 1070. The molecule has 168 valence electrons. The average Bonchev–Trinajstić information content (AvgIpc) is 3.09. The Morgan fingerprint density at radius 3 is 2.44 bits per heavy atom. The van der Waals surface area contributed by atoms with Crippen LogP contribution in [-0.2, 0) is 28.0 Å². The summed E-state index contributed by atoms with van der Waals surface area (Å²) in [5.41, 5.74) is 2.13. The van der Waals surface area contributed by atoms with Crippen molar-refractivity contribution < 1.29 is 19.0 Å². The Kier molecular flexibility index (Phi) is 4.97. The maximum absolute atomic E-state index is 13.5. The third-order valence-corrected chi connectivity index (χ3v) is 8.58. The lowest BCUT2D eigenvalue weighted by Gasteiger charge is -2.61. The number of ether oxygens (including phenoxy) is 3. The summed E-state index contributed by atoms with van der Waals surface area (Å²) in [6, 6.07) is 14.3. The van der Waals surface area contributed by atoms with Crippen LogP contribution in [0.15, 0.2) is 54.6 Å². The van der Waals surface area contributed by atoms with Crippen LogP contribution in [-0.4, -0.2) is 26.1 Å². The number of methoxy groups -OCH3 is 2. The first-order valence-corrected chi connectivity index (χ1v) is 11.5. The third kappa shape index (κ3) is 2.62. The standard InChI is InChI=1S/C28H32O4/c1-26-16-14-24(32-18-19-9-6-5-7-10-19)27(2)17-20-21(30-3)12-13-22(31-4)25(20)28(26,27)15-8-11-23(26)29/h5-10,12-13,15,24H,11,14,16-18H2,1-4H3. The minimum atomic E-state index is -0.506. The van der Waals surface area contributed by atoms with Crippen LogP contribution in [0.3, 0.4) is 0 Å². The fourth-order valence-electron chi connectivity index (χ4n) is 7.00. The number of carbonyl (C=O) groups is 1. The first kappa shape index (κ1) is 21.3. The van der Waals surface area contributed by atoms with E-state index in [4.69, 9.17) is 14.2 Å². The minimum Gasteiger partial charge on any atom is -0.496 e. The van der Waals surface area contributed by atoms with E-state index in [1.54, 1.807) is 14.2 Å². The van der Waals surface area contributed by atoms with Crippen LogP contribution in [0.25, 0.3) is 0 Å². The molecular weight excluding hydrogens is 400 g/mol. The molecule has 1 spiro atoms. The molecular formula is C28H32O4. The van der Waals surface area contributed by atoms with Gasteiger partial charge in [0, 0.05) is 33.8 Å². The number of hydrogen-bond donors (Lipinski definition) is 0. The number of carbonyl (C=O) groups excluding carboxylic acids is 1. The van der Waals surface area contributed by atoms with Crippen molar-refractivity contribution in [2.45, 2.75) is 57.7 Å². The van der Waals surface area contributed by atoms with Crippen LogP contribution in [0.1, 0.15) is 49.8 Å². The van der Waals surface area contributed by atoms with Crippen LogP contribution in [0.2, 0.25) is 0 Å². The Morgan fingerprint density at radius 1 is 1.00 bits per heavy atom. The summed E-state index contributed by atoms with van der Waals surface area (Å²) >= 11 is 0. The smallest absolute Gasteiger partial charge is 0.143 e. The van der Waals surface area contributed by atoms with E-state index >= 15 is 0 Å². The molecule has 32 heavy (non-hydrogen) atoms. The van der Waals surface area contributed by atoms with E-state index < -0.39 is 10.8 Å². The van der Waals surface area contributed by atoms with Gasteiger partial charge in [0.05, 0.1) is 26.9 Å². The lowest BCUT2D eigenvalue weighted by atomic mass is 9.42. The highest BCUT2D eigenvalue weighted by atomic mass is 16.5. The molecule has 0 bridgehead atoms. The molecule has 0 radical (unpaired) electrons. The molecule has 3 aliphatic carbocycles. The van der Waals surface area contributed by atoms with E-state index in [0.29, 0.717) is 18.8 Å². The summed E-state index contributed by atoms with van der Waals surface area (Å²) in [4.78, 5) is 13.5. The Balaban J connectivity index is 1.68. The summed E-state index contributed by atoms with van der Waals surface area (Å²) in [6.07, 6.45) is 7.31. The molecule has 4 unspecified atom stereocenters. The van der Waals surface area contributed by atoms with E-state index in [2.05, 4.69) is 38.1 Å². The molecule has 1 saturated carbocycles. The molecule has 5 rings (SSSR count). The van der Waals surface area contributed by atoms with Crippen molar-refractivity contribution >= 4 is 5.78 Å². The van der Waals surface area contributed by atoms with Gasteiger partial charge in [0.25, 0.3) is 0 Å². The number of ketones is 1. The molecule has 0 N–H and O–H groups in total. The summed E-state index contributed by atoms with van der Waals surface area (Å²) in [5, 5.41) is 0. The minimum absolute atomic E-state index is 0.00754. The van der Waals surface area contributed by atoms with Gasteiger partial charge in [-0.05, 0) is 37.0 Å². The number of benzene rings is 2. The third-order valence-electron chi connectivity index (χ3n) is 8.58. The molecule has 2 aromatic carbocycles. The predicted molar refractivity (Wildman–Crippen MR) is 124 cm³/mol. The zero-order valence-electron chi connectivity index (χ0n) is 19.4. The first-order valence-electron chi connectivity index (χ1n) is 11.5. The fraction of sp³-hybridized carbons (Fsp3) is 0.464. The van der Waals surface area contributed by atoms with Crippen LogP contribution >= 0.6 is 0 Å². The normalized spacial score (nSPS) is 32.8. The van der Waals surface area contributed by atoms with Crippen molar-refractivity contribution in [2.24, 2.45) is 10.8 Å². The van der Waals surface area contributed by atoms with Crippen LogP contribution in [0.5, 0.6) is 11.5 Å². The summed E-state index contributed by atoms with van der Waals surface area (Å²) in [7, 11) is 3.43. The maximum Gasteiger partial charge on any atom is 0.143 e. The van der Waals surface area contributed by atoms with Gasteiger partial charge in [-0.25, -0.2) is 0 Å². The van der Waals surface area contributed by atoms with Gasteiger partial charge in [0.1, 0.15) is 17.3 Å². The Morgan fingerprint density at radius 2 is 1.72 bits per heavy atom. The molecule has 4 atom stereocenters. The van der Waals surface area contributed by atoms with Crippen molar-refractivity contribution in [3.8, 4) is 11.5 Å². The first-order chi connectivity index (χ1) is 15.4. The van der Waals surface area contributed by atoms with E-state index in [0.717, 1.165) is 41.9 Å². The van der Waals surface area contributed by atoms with Crippen molar-refractivity contribution in [3.63, 3.8) is 0 Å². The number of hydrogen-bond acceptors (Lipinski definition) is 4. The molecule has 0 heterocycles. The van der Waals surface area contributed by atoms with E-state index in [9.17, 15) is 4.79 Å². The summed E-state index contributed by atoms with van der Waals surface area (Å²) < 4.78 is 18.4. The Hall–Kier alpha value is -2.59. The van der Waals surface area contributed by atoms with Crippen LogP contribution in [0.4, 0.5) is 0 Å². The maximum atomic E-state index is 13.5. The highest BCUT2D eigenvalue weighted by Crippen LogP contribution is 2.71. The van der Waals surface area contributed by atoms with Gasteiger partial charge in [-0.3, -0.25) is 4.79 Å². The second kappa shape index (κ2) is 7.48. The van der Waals surface area contributed by atoms with Gasteiger partial charge in [-0.1, -0.05) is 56.3 Å². The van der Waals surface area contributed by atoms with Crippen LogP contribution < -0.4 is 9.47 Å². The van der Waals surface area contributed by atoms with Crippen molar-refractivity contribution in [2.75, 3.05) is 14.2 Å². The van der Waals surface area contributed by atoms with Crippen molar-refractivity contribution in [1.82, 2.24) is 0 Å². The predicted octanol–water partition coefficient (Wildman–Crippen LogP) is 5.42. The molecule has 1 fully saturated rings. The highest BCUT2D eigenvalue weighted by molar-refractivity contribution is 5.91. The molecule has 4 nitrogen and oxygen atoms in total. The van der Waals surface area contributed by atoms with Gasteiger partial charge >= 0.3 is 0 Å². The Labute approximate surface area is 190 Å². The molecule has 2 aromatic rings. The number of allylic oxidation sites excluding steroid dienone is 2. The molecule has 3 aliphatic rings. The van der Waals surface area contributed by atoms with Gasteiger partial charge in [-0.2, -0.15) is 0 Å². The number of rotatable bonds is 5. The molecule has 4 heteroatoms. The zero-order chi connectivity index (χ0) is 22.6. The second-order valence-electron chi connectivity index (χ2n) is 9.91. The van der Waals surface area contributed by atoms with E-state index in [1.807, 2.05) is 30.3 Å². The topological polar surface area (TPSA) is 44.8 Å². The average molecular weight is 433 g/mol. The van der Waals surface area contributed by atoms with Gasteiger partial charge in [0.15, 0.2) is 0 Å². The van der Waals surface area contributed by atoms with Gasteiger partial charge in [0.2, 0.25) is 0 Å². The second-order valence-corrected chi connectivity index (χ2v) is 9.91. The highest BCUT2D eigenvalue weighted by Gasteiger charge is 2.71. The number of Topliss-reactive ketones (excluding diaryl/α,β-unsaturated/α-hetero) is 1. The summed E-state index contributed by atoms with van der Waals surface area (Å²) in [6.45, 7) is 5.04. The van der Waals surface area contributed by atoms with Crippen LogP contribution in [0, 0.1) is 10.8 Å².